The quantitative estimate of drug-likeness (QED) is 0.0261. The first-order chi connectivity index (χ1) is 38.5. The predicted octanol–water partition coefficient (Wildman–Crippen LogP) is 23.5. The Labute approximate surface area is 485 Å². The highest BCUT2D eigenvalue weighted by Crippen LogP contribution is 2.18. The van der Waals surface area contributed by atoms with E-state index in [1.807, 2.05) is 0 Å². The van der Waals surface area contributed by atoms with Crippen LogP contribution in [0.3, 0.4) is 0 Å². The van der Waals surface area contributed by atoms with Crippen LogP contribution in [0.5, 0.6) is 0 Å². The summed E-state index contributed by atoms with van der Waals surface area (Å²) in [6.45, 7) is 6.49. The highest BCUT2D eigenvalue weighted by Gasteiger charge is 2.19. The Morgan fingerprint density at radius 2 is 0.513 bits per heavy atom. The number of ether oxygens (including phenoxy) is 3. The highest BCUT2D eigenvalue weighted by atomic mass is 16.6. The van der Waals surface area contributed by atoms with Gasteiger partial charge in [-0.25, -0.2) is 0 Å². The van der Waals surface area contributed by atoms with Gasteiger partial charge in [0.1, 0.15) is 13.2 Å². The molecule has 454 valence electrons. The summed E-state index contributed by atoms with van der Waals surface area (Å²) in [7, 11) is 0. The van der Waals surface area contributed by atoms with Gasteiger partial charge in [0.15, 0.2) is 6.10 Å². The second-order valence-electron chi connectivity index (χ2n) is 23.1. The van der Waals surface area contributed by atoms with E-state index in [-0.39, 0.29) is 37.5 Å². The normalized spacial score (nSPS) is 12.4. The Hall–Kier alpha value is -2.89. The summed E-state index contributed by atoms with van der Waals surface area (Å²) in [5, 5.41) is 0. The molecule has 0 aromatic rings. The minimum Gasteiger partial charge on any atom is -0.462 e. The molecule has 78 heavy (non-hydrogen) atoms. The van der Waals surface area contributed by atoms with Crippen LogP contribution in [0.2, 0.25) is 0 Å². The molecule has 0 spiro atoms. The smallest absolute Gasteiger partial charge is 0.306 e. The summed E-state index contributed by atoms with van der Waals surface area (Å²) in [6, 6.07) is 0. The molecule has 0 saturated carbocycles. The molecule has 6 heteroatoms. The van der Waals surface area contributed by atoms with E-state index in [9.17, 15) is 14.4 Å². The molecule has 0 saturated heterocycles. The van der Waals surface area contributed by atoms with Crippen molar-refractivity contribution in [1.29, 1.82) is 0 Å². The number of esters is 3. The third-order valence-corrected chi connectivity index (χ3v) is 15.3. The van der Waals surface area contributed by atoms with Crippen molar-refractivity contribution < 1.29 is 28.6 Å². The molecule has 6 nitrogen and oxygen atoms in total. The molecule has 0 aromatic carbocycles. The highest BCUT2D eigenvalue weighted by molar-refractivity contribution is 5.71. The van der Waals surface area contributed by atoms with Crippen molar-refractivity contribution in [1.82, 2.24) is 0 Å². The molecule has 0 aliphatic carbocycles. The lowest BCUT2D eigenvalue weighted by Crippen LogP contribution is -2.30. The molecule has 0 aliphatic rings. The van der Waals surface area contributed by atoms with Crippen molar-refractivity contribution in [3.05, 3.63) is 60.8 Å². The first-order valence-electron chi connectivity index (χ1n) is 34.3. The van der Waals surface area contributed by atoms with Crippen LogP contribution >= 0.6 is 0 Å². The molecular weight excluding hydrogens is 961 g/mol. The molecule has 0 rings (SSSR count). The summed E-state index contributed by atoms with van der Waals surface area (Å²) >= 11 is 0. The SMILES string of the molecule is CC/C=C\C/C=C\C/C=C\C/C=C\CCCCC(=O)OC(COC(=O)CCCCCCC/C=C\CCCC)COC(=O)CCCCCCCCCCCCCCCCCCCCCCCCCCCCCCCCCCCC. The number of unbranched alkanes of at least 4 members (excludes halogenated alkanes) is 42. The monoisotopic (exact) mass is 1090 g/mol. The van der Waals surface area contributed by atoms with Crippen LogP contribution in [0, 0.1) is 0 Å². The van der Waals surface area contributed by atoms with E-state index in [2.05, 4.69) is 81.5 Å². The summed E-state index contributed by atoms with van der Waals surface area (Å²) in [4.78, 5) is 38.2. The molecule has 0 amide bonds. The van der Waals surface area contributed by atoms with Crippen LogP contribution in [0.25, 0.3) is 0 Å². The van der Waals surface area contributed by atoms with Gasteiger partial charge < -0.3 is 14.2 Å². The van der Waals surface area contributed by atoms with E-state index in [0.717, 1.165) is 83.5 Å². The van der Waals surface area contributed by atoms with Crippen molar-refractivity contribution in [3.63, 3.8) is 0 Å². The fourth-order valence-electron chi connectivity index (χ4n) is 10.1. The summed E-state index contributed by atoms with van der Waals surface area (Å²) in [5.74, 6) is -0.928. The Morgan fingerprint density at radius 1 is 0.269 bits per heavy atom. The number of rotatable bonds is 63. The molecular formula is C72H130O6. The Bertz CT molecular complexity index is 1390. The van der Waals surface area contributed by atoms with Crippen LogP contribution in [0.4, 0.5) is 0 Å². The van der Waals surface area contributed by atoms with Crippen molar-refractivity contribution in [3.8, 4) is 0 Å². The van der Waals surface area contributed by atoms with E-state index in [0.29, 0.717) is 19.3 Å². The zero-order valence-electron chi connectivity index (χ0n) is 52.2. The van der Waals surface area contributed by atoms with Gasteiger partial charge in [-0.3, -0.25) is 14.4 Å². The number of allylic oxidation sites excluding steroid dienone is 10. The number of carbonyl (C=O) groups excluding carboxylic acids is 3. The lowest BCUT2D eigenvalue weighted by molar-refractivity contribution is -0.167. The fourth-order valence-corrected chi connectivity index (χ4v) is 10.1. The summed E-state index contributed by atoms with van der Waals surface area (Å²) in [5.41, 5.74) is 0. The van der Waals surface area contributed by atoms with E-state index in [1.54, 1.807) is 0 Å². The van der Waals surface area contributed by atoms with Crippen LogP contribution in [0.15, 0.2) is 60.8 Å². The number of hydrogen-bond acceptors (Lipinski definition) is 6. The van der Waals surface area contributed by atoms with Crippen molar-refractivity contribution in [2.45, 2.75) is 367 Å². The molecule has 0 aromatic heterocycles. The average molecular weight is 1090 g/mol. The van der Waals surface area contributed by atoms with Gasteiger partial charge in [-0.1, -0.05) is 326 Å². The molecule has 0 heterocycles. The maximum absolute atomic E-state index is 12.8. The topological polar surface area (TPSA) is 78.9 Å². The van der Waals surface area contributed by atoms with E-state index in [1.165, 1.54) is 231 Å². The standard InChI is InChI=1S/C72H130O6/c1-4-7-10-13-16-19-22-24-26-27-28-29-30-31-32-33-34-35-36-37-38-39-40-41-42-43-44-46-47-50-53-56-59-62-65-71(74)77-68-69(67-76-70(73)64-61-58-55-52-49-21-18-15-12-9-6-3)78-72(75)66-63-60-57-54-51-48-45-25-23-20-17-14-11-8-5-2/h8,11,15,17-18,20,25,45,51,54,69H,4-7,9-10,12-14,16,19,21-24,26-44,46-50,52-53,55-68H2,1-3H3/b11-8-,18-15-,20-17-,45-25-,54-51-. The lowest BCUT2D eigenvalue weighted by atomic mass is 10.0. The first kappa shape index (κ1) is 75.1. The van der Waals surface area contributed by atoms with E-state index in [4.69, 9.17) is 14.2 Å². The van der Waals surface area contributed by atoms with Gasteiger partial charge in [0.05, 0.1) is 0 Å². The molecule has 0 bridgehead atoms. The van der Waals surface area contributed by atoms with Crippen molar-refractivity contribution in [2.24, 2.45) is 0 Å². The van der Waals surface area contributed by atoms with Gasteiger partial charge in [-0.05, 0) is 77.0 Å². The molecule has 0 aliphatic heterocycles. The van der Waals surface area contributed by atoms with Crippen molar-refractivity contribution in [2.75, 3.05) is 13.2 Å². The van der Waals surface area contributed by atoms with Crippen LogP contribution in [-0.2, 0) is 28.6 Å². The van der Waals surface area contributed by atoms with E-state index < -0.39 is 6.10 Å². The molecule has 1 atom stereocenters. The van der Waals surface area contributed by atoms with Gasteiger partial charge in [0.2, 0.25) is 0 Å². The molecule has 0 fully saturated rings. The minimum absolute atomic E-state index is 0.0909. The zero-order valence-corrected chi connectivity index (χ0v) is 52.2. The van der Waals surface area contributed by atoms with Gasteiger partial charge in [0, 0.05) is 19.3 Å². The van der Waals surface area contributed by atoms with E-state index >= 15 is 0 Å². The average Bonchev–Trinajstić information content (AvgIpc) is 3.44. The van der Waals surface area contributed by atoms with Gasteiger partial charge in [0.25, 0.3) is 0 Å². The molecule has 1 unspecified atom stereocenters. The maximum Gasteiger partial charge on any atom is 0.306 e. The predicted molar refractivity (Wildman–Crippen MR) is 339 cm³/mol. The zero-order chi connectivity index (χ0) is 56.4. The first-order valence-corrected chi connectivity index (χ1v) is 34.3. The fraction of sp³-hybridized carbons (Fsp3) is 0.819. The Kier molecular flexibility index (Phi) is 64.2. The Morgan fingerprint density at radius 3 is 0.859 bits per heavy atom. The summed E-state index contributed by atoms with van der Waals surface area (Å²) in [6.07, 6.45) is 85.7. The summed E-state index contributed by atoms with van der Waals surface area (Å²) < 4.78 is 16.8. The maximum atomic E-state index is 12.8. The van der Waals surface area contributed by atoms with Crippen LogP contribution in [0.1, 0.15) is 361 Å². The molecule has 0 N–H and O–H groups in total. The van der Waals surface area contributed by atoms with Gasteiger partial charge in [-0.15, -0.1) is 0 Å². The minimum atomic E-state index is -0.798. The third kappa shape index (κ3) is 63.9. The lowest BCUT2D eigenvalue weighted by Gasteiger charge is -2.18. The second kappa shape index (κ2) is 66.6. The van der Waals surface area contributed by atoms with Crippen LogP contribution in [-0.4, -0.2) is 37.2 Å². The number of carbonyl (C=O) groups is 3. The van der Waals surface area contributed by atoms with Gasteiger partial charge in [-0.2, -0.15) is 0 Å². The van der Waals surface area contributed by atoms with Gasteiger partial charge >= 0.3 is 17.9 Å². The van der Waals surface area contributed by atoms with Crippen LogP contribution < -0.4 is 0 Å². The largest absolute Gasteiger partial charge is 0.462 e. The van der Waals surface area contributed by atoms with Crippen molar-refractivity contribution >= 4 is 17.9 Å². The second-order valence-corrected chi connectivity index (χ2v) is 23.1. The molecule has 0 radical (unpaired) electrons. The number of hydrogen-bond donors (Lipinski definition) is 0. The third-order valence-electron chi connectivity index (χ3n) is 15.3. The Balaban J connectivity index is 4.05.